The van der Waals surface area contributed by atoms with Crippen molar-refractivity contribution in [3.05, 3.63) is 23.8 Å². The molecule has 0 atom stereocenters. The van der Waals surface area contributed by atoms with Gasteiger partial charge in [-0.15, -0.1) is 43.6 Å². The first-order chi connectivity index (χ1) is 5.93. The van der Waals surface area contributed by atoms with Gasteiger partial charge in [0.05, 0.1) is 13.2 Å². The van der Waals surface area contributed by atoms with E-state index in [1.807, 2.05) is 0 Å². The minimum Gasteiger partial charge on any atom is -0.382 e. The van der Waals surface area contributed by atoms with Gasteiger partial charge in [-0.2, -0.15) is 6.08 Å². The second kappa shape index (κ2) is 18.4. The van der Waals surface area contributed by atoms with E-state index in [9.17, 15) is 0 Å². The topological polar surface area (TPSA) is 18.5 Å². The predicted octanol–water partition coefficient (Wildman–Crippen LogP) is 2.99. The molecule has 0 heterocycles. The zero-order chi connectivity index (χ0) is 8.65. The van der Waals surface area contributed by atoms with Gasteiger partial charge in [-0.25, -0.2) is 11.6 Å². The zero-order valence-electron chi connectivity index (χ0n) is 9.23. The van der Waals surface area contributed by atoms with Gasteiger partial charge in [0.25, 0.3) is 0 Å². The molecule has 0 saturated carbocycles. The van der Waals surface area contributed by atoms with Crippen LogP contribution in [0.2, 0.25) is 0 Å². The Morgan fingerprint density at radius 2 is 1.88 bits per heavy atom. The summed E-state index contributed by atoms with van der Waals surface area (Å²) < 4.78 is 10.2. The van der Waals surface area contributed by atoms with Crippen LogP contribution in [0.5, 0.6) is 0 Å². The summed E-state index contributed by atoms with van der Waals surface area (Å²) in [6.45, 7) is 2.14. The first-order valence-corrected chi connectivity index (χ1v) is 4.26. The molecule has 0 aromatic rings. The molecule has 2 nitrogen and oxygen atoms in total. The van der Waals surface area contributed by atoms with E-state index in [0.717, 1.165) is 19.4 Å². The molecule has 0 bridgehead atoms. The molecular weight excluding hydrogens is 306 g/mol. The van der Waals surface area contributed by atoms with Crippen molar-refractivity contribution in [3.63, 3.8) is 0 Å². The quantitative estimate of drug-likeness (QED) is 0.425. The standard InChI is InChI=1S/C10H15O2.3ClH.Ti/c1-11-8-9-12-7-6-10-4-2-3-5-10;;;;/h2,4H,3,6-9H2,1H3;3*1H;/q-1;;;;. The molecule has 0 aromatic heterocycles. The summed E-state index contributed by atoms with van der Waals surface area (Å²) in [7, 11) is 1.68. The summed E-state index contributed by atoms with van der Waals surface area (Å²) in [6, 6.07) is 0. The van der Waals surface area contributed by atoms with Crippen LogP contribution in [-0.2, 0) is 31.2 Å². The Bertz CT molecular complexity index is 187. The van der Waals surface area contributed by atoms with Crippen LogP contribution in [0.15, 0.2) is 17.7 Å². The monoisotopic (exact) mass is 323 g/mol. The van der Waals surface area contributed by atoms with Crippen LogP contribution in [0, 0.1) is 6.08 Å². The van der Waals surface area contributed by atoms with Crippen LogP contribution in [-0.4, -0.2) is 26.9 Å². The van der Waals surface area contributed by atoms with Crippen LogP contribution >= 0.6 is 37.2 Å². The van der Waals surface area contributed by atoms with E-state index >= 15 is 0 Å². The van der Waals surface area contributed by atoms with Crippen molar-refractivity contribution >= 4 is 37.2 Å². The smallest absolute Gasteiger partial charge is 0.0700 e. The number of halogens is 3. The van der Waals surface area contributed by atoms with E-state index in [2.05, 4.69) is 18.2 Å². The van der Waals surface area contributed by atoms with Crippen molar-refractivity contribution in [2.24, 2.45) is 0 Å². The first-order valence-electron chi connectivity index (χ1n) is 4.26. The molecule has 0 amide bonds. The molecule has 0 saturated heterocycles. The summed E-state index contributed by atoms with van der Waals surface area (Å²) in [4.78, 5) is 0. The molecule has 0 aromatic carbocycles. The van der Waals surface area contributed by atoms with E-state index < -0.39 is 0 Å². The fraction of sp³-hybridized carbons (Fsp3) is 0.600. The second-order valence-corrected chi connectivity index (χ2v) is 2.66. The van der Waals surface area contributed by atoms with Crippen molar-refractivity contribution in [3.8, 4) is 0 Å². The normalized spacial score (nSPS) is 11.4. The fourth-order valence-electron chi connectivity index (χ4n) is 1.05. The molecule has 0 spiro atoms. The van der Waals surface area contributed by atoms with E-state index in [1.165, 1.54) is 5.57 Å². The number of rotatable bonds is 6. The minimum atomic E-state index is 0. The average Bonchev–Trinajstić information content (AvgIpc) is 2.57. The van der Waals surface area contributed by atoms with Crippen molar-refractivity contribution in [1.82, 2.24) is 0 Å². The summed E-state index contributed by atoms with van der Waals surface area (Å²) in [5.74, 6) is 0. The average molecular weight is 324 g/mol. The van der Waals surface area contributed by atoms with Crippen LogP contribution in [0.25, 0.3) is 0 Å². The third kappa shape index (κ3) is 13.1. The Labute approximate surface area is 131 Å². The minimum absolute atomic E-state index is 0. The zero-order valence-corrected chi connectivity index (χ0v) is 13.2. The summed E-state index contributed by atoms with van der Waals surface area (Å²) in [6.07, 6.45) is 9.41. The SMILES string of the molecule is COCCOCCC1=[C-]CC=C1.Cl.Cl.Cl.[Ti]. The van der Waals surface area contributed by atoms with Gasteiger partial charge < -0.3 is 9.47 Å². The molecule has 0 N–H and O–H groups in total. The molecule has 0 radical (unpaired) electrons. The molecule has 0 aliphatic heterocycles. The van der Waals surface area contributed by atoms with Crippen molar-refractivity contribution < 1.29 is 31.2 Å². The van der Waals surface area contributed by atoms with Crippen molar-refractivity contribution in [1.29, 1.82) is 0 Å². The van der Waals surface area contributed by atoms with E-state index in [0.29, 0.717) is 13.2 Å². The number of ether oxygens (including phenoxy) is 2. The Morgan fingerprint density at radius 3 is 2.38 bits per heavy atom. The summed E-state index contributed by atoms with van der Waals surface area (Å²) >= 11 is 0. The maximum absolute atomic E-state index is 5.32. The van der Waals surface area contributed by atoms with Crippen LogP contribution in [0.4, 0.5) is 0 Å². The fourth-order valence-corrected chi connectivity index (χ4v) is 1.05. The molecule has 16 heavy (non-hydrogen) atoms. The van der Waals surface area contributed by atoms with Crippen LogP contribution < -0.4 is 0 Å². The Kier molecular flexibility index (Phi) is 29.5. The first kappa shape index (κ1) is 25.7. The van der Waals surface area contributed by atoms with Crippen molar-refractivity contribution in [2.45, 2.75) is 12.8 Å². The third-order valence-corrected chi connectivity index (χ3v) is 1.71. The van der Waals surface area contributed by atoms with Gasteiger partial charge in [0.2, 0.25) is 0 Å². The van der Waals surface area contributed by atoms with Gasteiger partial charge in [-0.05, 0) is 6.42 Å². The molecular formula is C10H18Cl3O2Ti-. The molecule has 0 unspecified atom stereocenters. The summed E-state index contributed by atoms with van der Waals surface area (Å²) in [5, 5.41) is 0. The molecule has 0 fully saturated rings. The number of methoxy groups -OCH3 is 1. The molecule has 96 valence electrons. The summed E-state index contributed by atoms with van der Waals surface area (Å²) in [5.41, 5.74) is 1.27. The molecule has 1 aliphatic carbocycles. The van der Waals surface area contributed by atoms with Gasteiger partial charge in [-0.1, -0.05) is 0 Å². The van der Waals surface area contributed by atoms with E-state index in [-0.39, 0.29) is 58.9 Å². The van der Waals surface area contributed by atoms with Gasteiger partial charge in [0, 0.05) is 35.4 Å². The van der Waals surface area contributed by atoms with Gasteiger partial charge in [0.1, 0.15) is 0 Å². The Morgan fingerprint density at radius 1 is 1.19 bits per heavy atom. The molecule has 1 rings (SSSR count). The number of hydrogen-bond donors (Lipinski definition) is 0. The van der Waals surface area contributed by atoms with Gasteiger partial charge >= 0.3 is 0 Å². The maximum Gasteiger partial charge on any atom is 0.0700 e. The van der Waals surface area contributed by atoms with Crippen molar-refractivity contribution in [2.75, 3.05) is 26.9 Å². The van der Waals surface area contributed by atoms with E-state index in [1.54, 1.807) is 7.11 Å². The largest absolute Gasteiger partial charge is 0.382 e. The Balaban J connectivity index is -0.000000180. The van der Waals surface area contributed by atoms with Gasteiger partial charge in [0.15, 0.2) is 0 Å². The van der Waals surface area contributed by atoms with Crippen LogP contribution in [0.3, 0.4) is 0 Å². The third-order valence-electron chi connectivity index (χ3n) is 1.71. The van der Waals surface area contributed by atoms with Crippen LogP contribution in [0.1, 0.15) is 12.8 Å². The molecule has 6 heteroatoms. The maximum atomic E-state index is 5.32. The number of allylic oxidation sites excluding steroid dienone is 3. The molecule has 1 aliphatic rings. The predicted molar refractivity (Wildman–Crippen MR) is 69.6 cm³/mol. The van der Waals surface area contributed by atoms with Gasteiger partial charge in [-0.3, -0.25) is 6.08 Å². The Hall–Kier alpha value is 0.984. The van der Waals surface area contributed by atoms with E-state index in [4.69, 9.17) is 9.47 Å². The second-order valence-electron chi connectivity index (χ2n) is 2.66. The number of hydrogen-bond acceptors (Lipinski definition) is 2.